The lowest BCUT2D eigenvalue weighted by Crippen LogP contribution is -2.49. The molecule has 1 saturated heterocycles. The first-order valence-electron chi connectivity index (χ1n) is 12.8. The Labute approximate surface area is 225 Å². The van der Waals surface area contributed by atoms with Crippen molar-refractivity contribution in [1.82, 2.24) is 24.7 Å². The average Bonchev–Trinajstić information content (AvgIpc) is 2.89. The first-order valence-corrected chi connectivity index (χ1v) is 15.0. The fraction of sp³-hybridized carbons (Fsp3) is 0.500. The van der Waals surface area contributed by atoms with Crippen LogP contribution in [0.1, 0.15) is 6.42 Å². The summed E-state index contributed by atoms with van der Waals surface area (Å²) in [5, 5.41) is 5.81. The van der Waals surface area contributed by atoms with E-state index in [0.717, 1.165) is 68.5 Å². The summed E-state index contributed by atoms with van der Waals surface area (Å²) >= 11 is 1.69. The molecule has 2 aromatic rings. The van der Waals surface area contributed by atoms with Gasteiger partial charge in [0.15, 0.2) is 0 Å². The summed E-state index contributed by atoms with van der Waals surface area (Å²) in [6.45, 7) is 7.73. The van der Waals surface area contributed by atoms with Gasteiger partial charge in [0.05, 0.1) is 22.8 Å². The van der Waals surface area contributed by atoms with Crippen LogP contribution in [-0.4, -0.2) is 108 Å². The number of anilines is 2. The minimum atomic E-state index is -3.51. The number of rotatable bonds is 11. The van der Waals surface area contributed by atoms with Crippen LogP contribution in [-0.2, 0) is 14.8 Å². The van der Waals surface area contributed by atoms with Crippen LogP contribution in [0.3, 0.4) is 0 Å². The van der Waals surface area contributed by atoms with Gasteiger partial charge in [-0.1, -0.05) is 23.9 Å². The van der Waals surface area contributed by atoms with E-state index in [1.165, 1.54) is 9.20 Å². The monoisotopic (exact) mass is 546 g/mol. The zero-order valence-corrected chi connectivity index (χ0v) is 23.6. The van der Waals surface area contributed by atoms with Gasteiger partial charge in [-0.25, -0.2) is 12.7 Å². The second-order valence-corrected chi connectivity index (χ2v) is 12.8. The maximum Gasteiger partial charge on any atom is 0.242 e. The molecule has 9 nitrogen and oxygen atoms in total. The van der Waals surface area contributed by atoms with Gasteiger partial charge in [0, 0.05) is 69.7 Å². The fourth-order valence-electron chi connectivity index (χ4n) is 4.69. The fourth-order valence-corrected chi connectivity index (χ4v) is 6.69. The molecular weight excluding hydrogens is 508 g/mol. The summed E-state index contributed by atoms with van der Waals surface area (Å²) in [7, 11) is 1.39. The Kier molecular flexibility index (Phi) is 9.49. The molecule has 0 unspecified atom stereocenters. The van der Waals surface area contributed by atoms with Crippen LogP contribution in [0.4, 0.5) is 11.4 Å². The van der Waals surface area contributed by atoms with E-state index in [-0.39, 0.29) is 5.91 Å². The number of piperazine rings is 1. The zero-order chi connectivity index (χ0) is 26.4. The largest absolute Gasteiger partial charge is 0.354 e. The molecule has 0 aromatic heterocycles. The van der Waals surface area contributed by atoms with Gasteiger partial charge in [0.2, 0.25) is 15.9 Å². The second-order valence-electron chi connectivity index (χ2n) is 9.56. The molecule has 0 bridgehead atoms. The summed E-state index contributed by atoms with van der Waals surface area (Å²) in [5.74, 6) is 0.0341. The quantitative estimate of drug-likeness (QED) is 0.442. The van der Waals surface area contributed by atoms with E-state index in [0.29, 0.717) is 18.0 Å². The van der Waals surface area contributed by atoms with Crippen molar-refractivity contribution in [2.45, 2.75) is 21.1 Å². The first-order chi connectivity index (χ1) is 17.8. The van der Waals surface area contributed by atoms with E-state index in [1.807, 2.05) is 24.3 Å². The Balaban J connectivity index is 1.35. The molecule has 202 valence electrons. The molecule has 0 aliphatic carbocycles. The molecule has 2 N–H and O–H groups in total. The standard InChI is InChI=1S/C26H38N6O3S2/c1-27-20-26(33)28-11-14-31-17-15-30(16-18-31)12-6-13-32-22-7-4-5-8-24(22)36-25-10-9-21(19-23(25)32)37(34,35)29(2)3/h4-5,7-10,19,27H,6,11-18,20H2,1-3H3,(H,28,33). The molecule has 1 amide bonds. The van der Waals surface area contributed by atoms with Gasteiger partial charge in [-0.2, -0.15) is 0 Å². The number of likely N-dealkylation sites (N-methyl/N-ethyl adjacent to an activating group) is 1. The van der Waals surface area contributed by atoms with E-state index in [1.54, 1.807) is 39.0 Å². The van der Waals surface area contributed by atoms with Gasteiger partial charge in [0.25, 0.3) is 0 Å². The maximum atomic E-state index is 12.8. The Bertz CT molecular complexity index is 1180. The minimum Gasteiger partial charge on any atom is -0.354 e. The summed E-state index contributed by atoms with van der Waals surface area (Å²) in [6.07, 6.45) is 0.975. The van der Waals surface area contributed by atoms with Crippen LogP contribution in [0.25, 0.3) is 0 Å². The lowest BCUT2D eigenvalue weighted by molar-refractivity contribution is -0.120. The lowest BCUT2D eigenvalue weighted by Gasteiger charge is -2.36. The third kappa shape index (κ3) is 6.84. The lowest BCUT2D eigenvalue weighted by atomic mass is 10.2. The van der Waals surface area contributed by atoms with Crippen LogP contribution in [0.2, 0.25) is 0 Å². The molecule has 0 saturated carbocycles. The Morgan fingerprint density at radius 3 is 2.32 bits per heavy atom. The van der Waals surface area contributed by atoms with Crippen LogP contribution >= 0.6 is 11.8 Å². The molecule has 11 heteroatoms. The van der Waals surface area contributed by atoms with Crippen molar-refractivity contribution in [2.75, 3.05) is 84.9 Å². The number of carbonyl (C=O) groups is 1. The van der Waals surface area contributed by atoms with Crippen molar-refractivity contribution in [3.05, 3.63) is 42.5 Å². The third-order valence-corrected chi connectivity index (χ3v) is 9.73. The van der Waals surface area contributed by atoms with Crippen LogP contribution in [0.5, 0.6) is 0 Å². The van der Waals surface area contributed by atoms with Gasteiger partial charge >= 0.3 is 0 Å². The van der Waals surface area contributed by atoms with Crippen molar-refractivity contribution in [3.8, 4) is 0 Å². The van der Waals surface area contributed by atoms with Crippen LogP contribution < -0.4 is 15.5 Å². The number of carbonyl (C=O) groups excluding carboxylic acids is 1. The summed E-state index contributed by atoms with van der Waals surface area (Å²) in [6, 6.07) is 13.8. The minimum absolute atomic E-state index is 0.0341. The summed E-state index contributed by atoms with van der Waals surface area (Å²) in [5.41, 5.74) is 2.08. The van der Waals surface area contributed by atoms with Gasteiger partial charge in [-0.3, -0.25) is 9.69 Å². The van der Waals surface area contributed by atoms with Crippen molar-refractivity contribution in [2.24, 2.45) is 0 Å². The topological polar surface area (TPSA) is 88.2 Å². The third-order valence-electron chi connectivity index (χ3n) is 6.78. The predicted molar refractivity (Wildman–Crippen MR) is 149 cm³/mol. The Morgan fingerprint density at radius 1 is 0.946 bits per heavy atom. The Hall–Kier alpha value is -2.15. The number of fused-ring (bicyclic) bond motifs is 2. The van der Waals surface area contributed by atoms with Gasteiger partial charge in [-0.05, 0) is 50.3 Å². The number of amides is 1. The van der Waals surface area contributed by atoms with E-state index in [9.17, 15) is 13.2 Å². The van der Waals surface area contributed by atoms with Crippen molar-refractivity contribution >= 4 is 39.1 Å². The van der Waals surface area contributed by atoms with Gasteiger partial charge < -0.3 is 20.4 Å². The number of nitrogens with one attached hydrogen (secondary N) is 2. The number of hydrogen-bond donors (Lipinski definition) is 2. The molecule has 2 aliphatic rings. The van der Waals surface area contributed by atoms with Crippen molar-refractivity contribution in [1.29, 1.82) is 0 Å². The predicted octanol–water partition coefficient (Wildman–Crippen LogP) is 1.88. The number of para-hydroxylation sites is 1. The van der Waals surface area contributed by atoms with E-state index in [2.05, 4.69) is 37.5 Å². The summed E-state index contributed by atoms with van der Waals surface area (Å²) in [4.78, 5) is 21.4. The highest BCUT2D eigenvalue weighted by atomic mass is 32.2. The van der Waals surface area contributed by atoms with E-state index >= 15 is 0 Å². The number of benzene rings is 2. The molecule has 0 radical (unpaired) electrons. The van der Waals surface area contributed by atoms with Crippen LogP contribution in [0, 0.1) is 0 Å². The molecule has 1 fully saturated rings. The molecule has 0 atom stereocenters. The molecule has 0 spiro atoms. The van der Waals surface area contributed by atoms with Gasteiger partial charge in [-0.15, -0.1) is 0 Å². The second kappa shape index (κ2) is 12.6. The maximum absolute atomic E-state index is 12.8. The van der Waals surface area contributed by atoms with Crippen LogP contribution in [0.15, 0.2) is 57.2 Å². The number of sulfonamides is 1. The Morgan fingerprint density at radius 2 is 1.62 bits per heavy atom. The normalized spacial score (nSPS) is 16.5. The summed E-state index contributed by atoms with van der Waals surface area (Å²) < 4.78 is 26.9. The SMILES string of the molecule is CNCC(=O)NCCN1CCN(CCCN2c3ccccc3Sc3ccc(S(=O)(=O)N(C)C)cc32)CC1. The van der Waals surface area contributed by atoms with Crippen molar-refractivity contribution < 1.29 is 13.2 Å². The highest BCUT2D eigenvalue weighted by Gasteiger charge is 2.27. The van der Waals surface area contributed by atoms with Gasteiger partial charge in [0.1, 0.15) is 0 Å². The number of nitrogens with zero attached hydrogens (tertiary/aromatic N) is 4. The zero-order valence-electron chi connectivity index (χ0n) is 21.9. The first kappa shape index (κ1) is 27.9. The molecule has 4 rings (SSSR count). The average molecular weight is 547 g/mol. The van der Waals surface area contributed by atoms with Crippen molar-refractivity contribution in [3.63, 3.8) is 0 Å². The smallest absolute Gasteiger partial charge is 0.242 e. The highest BCUT2D eigenvalue weighted by molar-refractivity contribution is 7.99. The molecule has 37 heavy (non-hydrogen) atoms. The molecule has 2 aliphatic heterocycles. The molecule has 2 aromatic carbocycles. The number of hydrogen-bond acceptors (Lipinski definition) is 8. The van der Waals surface area contributed by atoms with E-state index < -0.39 is 10.0 Å². The molecule has 2 heterocycles. The van der Waals surface area contributed by atoms with E-state index in [4.69, 9.17) is 0 Å². The molecular formula is C26H38N6O3S2. The highest BCUT2D eigenvalue weighted by Crippen LogP contribution is 2.48.